The van der Waals surface area contributed by atoms with Crippen molar-refractivity contribution >= 4 is 23.1 Å². The van der Waals surface area contributed by atoms with Crippen molar-refractivity contribution in [1.29, 1.82) is 0 Å². The summed E-state index contributed by atoms with van der Waals surface area (Å²) < 4.78 is 0. The summed E-state index contributed by atoms with van der Waals surface area (Å²) in [6.45, 7) is 2.02. The largest absolute Gasteiger partial charge is 0.393 e. The number of nitrogens with zero attached hydrogens (tertiary/aromatic N) is 3. The zero-order valence-electron chi connectivity index (χ0n) is 12.1. The SMILES string of the molecule is CN(CCC(=O)N(C)CCC(N)=S)Cc1ccccn1. The van der Waals surface area contributed by atoms with Gasteiger partial charge in [0.25, 0.3) is 0 Å². The summed E-state index contributed by atoms with van der Waals surface area (Å²) in [6, 6.07) is 5.83. The highest BCUT2D eigenvalue weighted by atomic mass is 32.1. The summed E-state index contributed by atoms with van der Waals surface area (Å²) in [6.07, 6.45) is 2.83. The lowest BCUT2D eigenvalue weighted by Crippen LogP contribution is -2.32. The number of carbonyl (C=O) groups excluding carboxylic acids is 1. The summed E-state index contributed by atoms with van der Waals surface area (Å²) in [5, 5.41) is 0. The van der Waals surface area contributed by atoms with E-state index in [4.69, 9.17) is 18.0 Å². The molecule has 0 aliphatic heterocycles. The van der Waals surface area contributed by atoms with Gasteiger partial charge < -0.3 is 15.5 Å². The van der Waals surface area contributed by atoms with Crippen molar-refractivity contribution in [3.63, 3.8) is 0 Å². The predicted octanol–water partition coefficient (Wildman–Crippen LogP) is 1.04. The molecular weight excluding hydrogens is 272 g/mol. The molecule has 0 aromatic carbocycles. The van der Waals surface area contributed by atoms with Crippen LogP contribution in [0.1, 0.15) is 18.5 Å². The van der Waals surface area contributed by atoms with Crippen molar-refractivity contribution in [3.05, 3.63) is 30.1 Å². The van der Waals surface area contributed by atoms with Gasteiger partial charge in [0.15, 0.2) is 0 Å². The number of hydrogen-bond donors (Lipinski definition) is 1. The predicted molar refractivity (Wildman–Crippen MR) is 84.2 cm³/mol. The van der Waals surface area contributed by atoms with Crippen LogP contribution in [0, 0.1) is 0 Å². The molecule has 1 amide bonds. The Kier molecular flexibility index (Phi) is 7.11. The van der Waals surface area contributed by atoms with Crippen LogP contribution in [0.4, 0.5) is 0 Å². The monoisotopic (exact) mass is 294 g/mol. The second kappa shape index (κ2) is 8.60. The smallest absolute Gasteiger partial charge is 0.223 e. The fourth-order valence-electron chi connectivity index (χ4n) is 1.73. The number of amides is 1. The average molecular weight is 294 g/mol. The first-order valence-corrected chi connectivity index (χ1v) is 7.00. The maximum absolute atomic E-state index is 11.9. The van der Waals surface area contributed by atoms with E-state index >= 15 is 0 Å². The summed E-state index contributed by atoms with van der Waals surface area (Å²) in [5.41, 5.74) is 6.43. The Balaban J connectivity index is 2.28. The summed E-state index contributed by atoms with van der Waals surface area (Å²) in [7, 11) is 3.76. The van der Waals surface area contributed by atoms with Crippen LogP contribution in [0.2, 0.25) is 0 Å². The van der Waals surface area contributed by atoms with Crippen LogP contribution in [0.3, 0.4) is 0 Å². The van der Waals surface area contributed by atoms with Crippen molar-refractivity contribution in [2.24, 2.45) is 5.73 Å². The van der Waals surface area contributed by atoms with Crippen LogP contribution in [0.25, 0.3) is 0 Å². The van der Waals surface area contributed by atoms with Crippen molar-refractivity contribution in [3.8, 4) is 0 Å². The minimum Gasteiger partial charge on any atom is -0.393 e. The number of carbonyl (C=O) groups is 1. The van der Waals surface area contributed by atoms with Gasteiger partial charge in [-0.2, -0.15) is 0 Å². The zero-order chi connectivity index (χ0) is 15.0. The molecule has 1 aromatic rings. The Morgan fingerprint density at radius 3 is 2.65 bits per heavy atom. The van der Waals surface area contributed by atoms with Crippen LogP contribution in [0.15, 0.2) is 24.4 Å². The third kappa shape index (κ3) is 6.58. The molecule has 20 heavy (non-hydrogen) atoms. The number of nitrogens with two attached hydrogens (primary N) is 1. The van der Waals surface area contributed by atoms with Gasteiger partial charge >= 0.3 is 0 Å². The Morgan fingerprint density at radius 1 is 1.30 bits per heavy atom. The molecule has 0 radical (unpaired) electrons. The molecule has 0 saturated heterocycles. The number of thiocarbonyl (C=S) groups is 1. The van der Waals surface area contributed by atoms with Gasteiger partial charge in [-0.25, -0.2) is 0 Å². The van der Waals surface area contributed by atoms with Gasteiger partial charge in [0.1, 0.15) is 0 Å². The Morgan fingerprint density at radius 2 is 2.05 bits per heavy atom. The van der Waals surface area contributed by atoms with Gasteiger partial charge in [-0.1, -0.05) is 18.3 Å². The molecule has 0 unspecified atom stereocenters. The van der Waals surface area contributed by atoms with E-state index < -0.39 is 0 Å². The van der Waals surface area contributed by atoms with Crippen molar-refractivity contribution in [2.75, 3.05) is 27.2 Å². The molecule has 0 saturated carbocycles. The second-order valence-corrected chi connectivity index (χ2v) is 5.36. The van der Waals surface area contributed by atoms with Gasteiger partial charge in [0.2, 0.25) is 5.91 Å². The molecule has 110 valence electrons. The molecule has 5 nitrogen and oxygen atoms in total. The third-order valence-corrected chi connectivity index (χ3v) is 3.19. The molecular formula is C14H22N4OS. The molecule has 1 heterocycles. The normalized spacial score (nSPS) is 10.6. The molecule has 0 atom stereocenters. The highest BCUT2D eigenvalue weighted by molar-refractivity contribution is 7.80. The standard InChI is InChI=1S/C14H22N4OS/c1-17(11-12-5-3-4-8-16-12)9-7-14(19)18(2)10-6-13(15)20/h3-5,8H,6-7,9-11H2,1-2H3,(H2,15,20). The summed E-state index contributed by atoms with van der Waals surface area (Å²) >= 11 is 4.80. The van der Waals surface area contributed by atoms with Crippen LogP contribution in [0.5, 0.6) is 0 Å². The van der Waals surface area contributed by atoms with E-state index in [1.165, 1.54) is 0 Å². The molecule has 0 bridgehead atoms. The van der Waals surface area contributed by atoms with Gasteiger partial charge in [-0.05, 0) is 19.2 Å². The lowest BCUT2D eigenvalue weighted by molar-refractivity contribution is -0.130. The second-order valence-electron chi connectivity index (χ2n) is 4.84. The maximum atomic E-state index is 11.9. The zero-order valence-corrected chi connectivity index (χ0v) is 12.9. The molecule has 0 aliphatic carbocycles. The van der Waals surface area contributed by atoms with Gasteiger partial charge in [-0.15, -0.1) is 0 Å². The Labute approximate surface area is 125 Å². The Bertz CT molecular complexity index is 438. The summed E-state index contributed by atoms with van der Waals surface area (Å²) in [5.74, 6) is 0.106. The fourth-order valence-corrected chi connectivity index (χ4v) is 1.82. The quantitative estimate of drug-likeness (QED) is 0.726. The van der Waals surface area contributed by atoms with Crippen molar-refractivity contribution in [2.45, 2.75) is 19.4 Å². The van der Waals surface area contributed by atoms with Crippen LogP contribution < -0.4 is 5.73 Å². The number of hydrogen-bond acceptors (Lipinski definition) is 4. The van der Waals surface area contributed by atoms with E-state index in [2.05, 4.69) is 9.88 Å². The summed E-state index contributed by atoms with van der Waals surface area (Å²) in [4.78, 5) is 20.4. The van der Waals surface area contributed by atoms with E-state index in [-0.39, 0.29) is 5.91 Å². The molecule has 0 fully saturated rings. The number of pyridine rings is 1. The molecule has 1 rings (SSSR count). The average Bonchev–Trinajstić information content (AvgIpc) is 2.43. The van der Waals surface area contributed by atoms with Crippen molar-refractivity contribution < 1.29 is 4.79 Å². The lowest BCUT2D eigenvalue weighted by atomic mass is 10.3. The lowest BCUT2D eigenvalue weighted by Gasteiger charge is -2.20. The first-order chi connectivity index (χ1) is 9.49. The highest BCUT2D eigenvalue weighted by Crippen LogP contribution is 2.01. The van der Waals surface area contributed by atoms with Crippen LogP contribution in [-0.2, 0) is 11.3 Å². The third-order valence-electron chi connectivity index (χ3n) is 2.98. The van der Waals surface area contributed by atoms with E-state index in [1.54, 1.807) is 18.1 Å². The fraction of sp³-hybridized carbons (Fsp3) is 0.500. The minimum absolute atomic E-state index is 0.106. The molecule has 0 spiro atoms. The van der Waals surface area contributed by atoms with E-state index in [0.29, 0.717) is 30.9 Å². The highest BCUT2D eigenvalue weighted by Gasteiger charge is 2.10. The molecule has 1 aromatic heterocycles. The first kappa shape index (κ1) is 16.5. The number of aromatic nitrogens is 1. The minimum atomic E-state index is 0.106. The van der Waals surface area contributed by atoms with Crippen LogP contribution >= 0.6 is 12.2 Å². The van der Waals surface area contributed by atoms with Gasteiger partial charge in [0, 0.05) is 45.7 Å². The van der Waals surface area contributed by atoms with Crippen LogP contribution in [-0.4, -0.2) is 52.9 Å². The topological polar surface area (TPSA) is 62.5 Å². The van der Waals surface area contributed by atoms with E-state index in [1.807, 2.05) is 25.2 Å². The Hall–Kier alpha value is -1.53. The molecule has 0 aliphatic rings. The molecule has 2 N–H and O–H groups in total. The number of rotatable bonds is 8. The van der Waals surface area contributed by atoms with Crippen molar-refractivity contribution in [1.82, 2.24) is 14.8 Å². The van der Waals surface area contributed by atoms with Gasteiger partial charge in [0.05, 0.1) is 10.7 Å². The first-order valence-electron chi connectivity index (χ1n) is 6.59. The molecule has 6 heteroatoms. The maximum Gasteiger partial charge on any atom is 0.223 e. The van der Waals surface area contributed by atoms with E-state index in [0.717, 1.165) is 12.2 Å². The van der Waals surface area contributed by atoms with Gasteiger partial charge in [-0.3, -0.25) is 9.78 Å². The van der Waals surface area contributed by atoms with E-state index in [9.17, 15) is 4.79 Å².